The van der Waals surface area contributed by atoms with Crippen LogP contribution in [0.5, 0.6) is 0 Å². The van der Waals surface area contributed by atoms with E-state index in [1.54, 1.807) is 6.07 Å². The third-order valence-corrected chi connectivity index (χ3v) is 1.98. The van der Waals surface area contributed by atoms with Crippen LogP contribution in [0.1, 0.15) is 25.3 Å². The number of halogens is 3. The van der Waals surface area contributed by atoms with Crippen molar-refractivity contribution in [1.29, 1.82) is 0 Å². The molecule has 0 spiro atoms. The standard InChI is InChI=1S/C11H17F3N2O2/c1-8(2)4-15-5-9-3-10(18-16-9)6-17-7-11(12,13)14/h3,8,15H,4-7H2,1-2H3. The number of hydrogen-bond acceptors (Lipinski definition) is 4. The monoisotopic (exact) mass is 266 g/mol. The van der Waals surface area contributed by atoms with E-state index in [-0.39, 0.29) is 6.61 Å². The average Bonchev–Trinajstić information content (AvgIpc) is 2.63. The minimum absolute atomic E-state index is 0.226. The highest BCUT2D eigenvalue weighted by molar-refractivity contribution is 5.04. The number of nitrogens with one attached hydrogen (secondary N) is 1. The van der Waals surface area contributed by atoms with Gasteiger partial charge in [0.2, 0.25) is 0 Å². The zero-order valence-electron chi connectivity index (χ0n) is 10.4. The van der Waals surface area contributed by atoms with Crippen LogP contribution < -0.4 is 5.32 Å². The summed E-state index contributed by atoms with van der Waals surface area (Å²) in [6.45, 7) is 4.01. The van der Waals surface area contributed by atoms with Crippen LogP contribution in [-0.4, -0.2) is 24.5 Å². The number of alkyl halides is 3. The summed E-state index contributed by atoms with van der Waals surface area (Å²) < 4.78 is 44.8. The molecule has 0 aromatic carbocycles. The molecule has 0 atom stereocenters. The fourth-order valence-corrected chi connectivity index (χ4v) is 1.26. The van der Waals surface area contributed by atoms with Crippen LogP contribution in [0.25, 0.3) is 0 Å². The summed E-state index contributed by atoms with van der Waals surface area (Å²) in [4.78, 5) is 0. The molecular weight excluding hydrogens is 249 g/mol. The maximum Gasteiger partial charge on any atom is 0.411 e. The third kappa shape index (κ3) is 6.61. The zero-order valence-corrected chi connectivity index (χ0v) is 10.4. The quantitative estimate of drug-likeness (QED) is 0.823. The van der Waals surface area contributed by atoms with Crippen LogP contribution in [0.15, 0.2) is 10.6 Å². The van der Waals surface area contributed by atoms with Gasteiger partial charge in [-0.3, -0.25) is 0 Å². The minimum Gasteiger partial charge on any atom is -0.364 e. The summed E-state index contributed by atoms with van der Waals surface area (Å²) in [5.74, 6) is 0.812. The van der Waals surface area contributed by atoms with E-state index in [2.05, 4.69) is 29.1 Å². The summed E-state index contributed by atoms with van der Waals surface area (Å²) in [5.41, 5.74) is 0.654. The van der Waals surface area contributed by atoms with Crippen LogP contribution in [0.2, 0.25) is 0 Å². The maximum atomic E-state index is 11.8. The van der Waals surface area contributed by atoms with E-state index in [9.17, 15) is 13.2 Å². The van der Waals surface area contributed by atoms with E-state index in [1.165, 1.54) is 0 Å². The first-order valence-electron chi connectivity index (χ1n) is 5.66. The smallest absolute Gasteiger partial charge is 0.364 e. The van der Waals surface area contributed by atoms with Crippen LogP contribution in [0, 0.1) is 5.92 Å². The Labute approximate surface area is 103 Å². The molecule has 4 nitrogen and oxygen atoms in total. The van der Waals surface area contributed by atoms with Gasteiger partial charge in [0.15, 0.2) is 5.76 Å². The summed E-state index contributed by atoms with van der Waals surface area (Å²) in [6.07, 6.45) is -4.32. The van der Waals surface area contributed by atoms with Crippen molar-refractivity contribution in [2.24, 2.45) is 5.92 Å². The number of aromatic nitrogens is 1. The van der Waals surface area contributed by atoms with Gasteiger partial charge in [-0.05, 0) is 12.5 Å². The zero-order chi connectivity index (χ0) is 13.6. The Hall–Kier alpha value is -1.08. The summed E-state index contributed by atoms with van der Waals surface area (Å²) in [6, 6.07) is 1.59. The average molecular weight is 266 g/mol. The first-order valence-corrected chi connectivity index (χ1v) is 5.66. The molecule has 0 radical (unpaired) electrons. The van der Waals surface area contributed by atoms with Gasteiger partial charge in [0, 0.05) is 12.6 Å². The van der Waals surface area contributed by atoms with Gasteiger partial charge in [-0.15, -0.1) is 0 Å². The largest absolute Gasteiger partial charge is 0.411 e. The molecule has 0 saturated carbocycles. The van der Waals surface area contributed by atoms with Gasteiger partial charge in [-0.25, -0.2) is 0 Å². The molecule has 104 valence electrons. The molecular formula is C11H17F3N2O2. The van der Waals surface area contributed by atoms with Gasteiger partial charge < -0.3 is 14.6 Å². The molecule has 1 heterocycles. The highest BCUT2D eigenvalue weighted by Gasteiger charge is 2.27. The van der Waals surface area contributed by atoms with Crippen molar-refractivity contribution in [3.63, 3.8) is 0 Å². The van der Waals surface area contributed by atoms with E-state index < -0.39 is 12.8 Å². The van der Waals surface area contributed by atoms with Crippen molar-refractivity contribution in [1.82, 2.24) is 10.5 Å². The number of ether oxygens (including phenoxy) is 1. The Bertz CT molecular complexity index is 350. The van der Waals surface area contributed by atoms with Gasteiger partial charge in [-0.2, -0.15) is 13.2 Å². The lowest BCUT2D eigenvalue weighted by molar-refractivity contribution is -0.177. The number of nitrogens with zero attached hydrogens (tertiary/aromatic N) is 1. The van der Waals surface area contributed by atoms with Crippen molar-refractivity contribution >= 4 is 0 Å². The van der Waals surface area contributed by atoms with Crippen molar-refractivity contribution in [3.05, 3.63) is 17.5 Å². The summed E-state index contributed by atoms with van der Waals surface area (Å²) >= 11 is 0. The van der Waals surface area contributed by atoms with E-state index in [1.807, 2.05) is 0 Å². The Balaban J connectivity index is 2.26. The third-order valence-electron chi connectivity index (χ3n) is 1.98. The number of rotatable bonds is 7. The normalized spacial score (nSPS) is 12.3. The Morgan fingerprint density at radius 1 is 1.44 bits per heavy atom. The Morgan fingerprint density at radius 3 is 2.78 bits per heavy atom. The highest BCUT2D eigenvalue weighted by atomic mass is 19.4. The predicted octanol–water partition coefficient (Wildman–Crippen LogP) is 2.50. The van der Waals surface area contributed by atoms with Crippen LogP contribution >= 0.6 is 0 Å². The second kappa shape index (κ2) is 6.75. The molecule has 18 heavy (non-hydrogen) atoms. The van der Waals surface area contributed by atoms with Gasteiger partial charge >= 0.3 is 6.18 Å². The molecule has 0 aliphatic heterocycles. The van der Waals surface area contributed by atoms with E-state index >= 15 is 0 Å². The predicted molar refractivity (Wildman–Crippen MR) is 58.8 cm³/mol. The lowest BCUT2D eigenvalue weighted by Crippen LogP contribution is -2.19. The van der Waals surface area contributed by atoms with E-state index in [0.717, 1.165) is 6.54 Å². The van der Waals surface area contributed by atoms with Gasteiger partial charge in [0.05, 0.1) is 5.69 Å². The lowest BCUT2D eigenvalue weighted by atomic mass is 10.2. The van der Waals surface area contributed by atoms with E-state index in [4.69, 9.17) is 4.52 Å². The molecule has 0 fully saturated rings. The molecule has 1 N–H and O–H groups in total. The molecule has 0 aliphatic carbocycles. The molecule has 0 unspecified atom stereocenters. The van der Waals surface area contributed by atoms with Crippen LogP contribution in [0.3, 0.4) is 0 Å². The summed E-state index contributed by atoms with van der Waals surface area (Å²) in [7, 11) is 0. The SMILES string of the molecule is CC(C)CNCc1cc(COCC(F)(F)F)on1. The van der Waals surface area contributed by atoms with Crippen LogP contribution in [0.4, 0.5) is 13.2 Å². The van der Waals surface area contributed by atoms with Crippen molar-refractivity contribution in [2.45, 2.75) is 33.2 Å². The molecule has 0 amide bonds. The molecule has 1 aromatic rings. The topological polar surface area (TPSA) is 47.3 Å². The fourth-order valence-electron chi connectivity index (χ4n) is 1.26. The van der Waals surface area contributed by atoms with Crippen molar-refractivity contribution in [2.75, 3.05) is 13.2 Å². The fraction of sp³-hybridized carbons (Fsp3) is 0.727. The Morgan fingerprint density at radius 2 is 2.17 bits per heavy atom. The first-order chi connectivity index (χ1) is 8.37. The molecule has 1 rings (SSSR count). The second-order valence-electron chi connectivity index (χ2n) is 4.42. The first kappa shape index (κ1) is 15.0. The highest BCUT2D eigenvalue weighted by Crippen LogP contribution is 2.15. The molecule has 0 aliphatic rings. The maximum absolute atomic E-state index is 11.8. The van der Waals surface area contributed by atoms with Gasteiger partial charge in [0.1, 0.15) is 13.2 Å². The molecule has 0 saturated heterocycles. The van der Waals surface area contributed by atoms with Gasteiger partial charge in [0.25, 0.3) is 0 Å². The van der Waals surface area contributed by atoms with Gasteiger partial charge in [-0.1, -0.05) is 19.0 Å². The van der Waals surface area contributed by atoms with Crippen molar-refractivity contribution in [3.8, 4) is 0 Å². The van der Waals surface area contributed by atoms with E-state index in [0.29, 0.717) is 23.9 Å². The van der Waals surface area contributed by atoms with Crippen molar-refractivity contribution < 1.29 is 22.4 Å². The molecule has 1 aromatic heterocycles. The molecule has 0 bridgehead atoms. The lowest BCUT2D eigenvalue weighted by Gasteiger charge is -2.05. The minimum atomic E-state index is -4.32. The molecule has 7 heteroatoms. The Kier molecular flexibility index (Phi) is 5.61. The summed E-state index contributed by atoms with van der Waals surface area (Å²) in [5, 5.41) is 6.88. The van der Waals surface area contributed by atoms with Crippen LogP contribution in [-0.2, 0) is 17.9 Å². The second-order valence-corrected chi connectivity index (χ2v) is 4.42. The number of hydrogen-bond donors (Lipinski definition) is 1.